The number of aromatic carboxylic acids is 1. The van der Waals surface area contributed by atoms with E-state index >= 15 is 0 Å². The molecule has 6 nitrogen and oxygen atoms in total. The summed E-state index contributed by atoms with van der Waals surface area (Å²) in [5.41, 5.74) is 2.43. The Morgan fingerprint density at radius 2 is 1.24 bits per heavy atom. The summed E-state index contributed by atoms with van der Waals surface area (Å²) < 4.78 is 5.93. The Kier molecular flexibility index (Phi) is 8.46. The first-order valence-corrected chi connectivity index (χ1v) is 11.7. The van der Waals surface area contributed by atoms with E-state index in [0.29, 0.717) is 23.1 Å². The number of fused-ring (bicyclic) bond motifs is 6. The molecule has 2 aliphatic rings. The van der Waals surface area contributed by atoms with Crippen LogP contribution in [0.2, 0.25) is 0 Å². The van der Waals surface area contributed by atoms with E-state index in [-0.39, 0.29) is 22.6 Å². The fourth-order valence-electron chi connectivity index (χ4n) is 4.29. The molecule has 0 unspecified atom stereocenters. The molecule has 0 aromatic heterocycles. The Hall–Kier alpha value is -3.80. The predicted molar refractivity (Wildman–Crippen MR) is 132 cm³/mol. The zero-order valence-corrected chi connectivity index (χ0v) is 20.5. The van der Waals surface area contributed by atoms with Crippen LogP contribution in [0.25, 0.3) is 0 Å². The molecule has 6 heteroatoms. The van der Waals surface area contributed by atoms with Crippen molar-refractivity contribution in [1.29, 1.82) is 0 Å². The lowest BCUT2D eigenvalue weighted by Crippen LogP contribution is -2.34. The smallest absolute Gasteiger partial charge is 0.340 e. The van der Waals surface area contributed by atoms with E-state index in [1.54, 1.807) is 30.3 Å². The van der Waals surface area contributed by atoms with Crippen LogP contribution in [0.5, 0.6) is 11.5 Å². The minimum atomic E-state index is -1.26. The number of benzene rings is 3. The fourth-order valence-corrected chi connectivity index (χ4v) is 4.29. The van der Waals surface area contributed by atoms with Gasteiger partial charge in [-0.3, -0.25) is 0 Å². The molecule has 0 saturated carbocycles. The number of hydrogen-bond acceptors (Lipinski definition) is 5. The number of phenols is 2. The molecule has 0 saturated heterocycles. The van der Waals surface area contributed by atoms with E-state index in [0.717, 1.165) is 11.1 Å². The highest BCUT2D eigenvalue weighted by Gasteiger charge is 2.52. The number of carbonyl (C=O) groups excluding carboxylic acids is 1. The Morgan fingerprint density at radius 3 is 1.71 bits per heavy atom. The van der Waals surface area contributed by atoms with Crippen molar-refractivity contribution in [1.82, 2.24) is 0 Å². The van der Waals surface area contributed by atoms with Crippen LogP contribution in [-0.2, 0) is 16.8 Å². The first kappa shape index (κ1) is 26.5. The van der Waals surface area contributed by atoms with Gasteiger partial charge in [0.05, 0.1) is 11.1 Å². The number of carbonyl (C=O) groups is 2. The van der Waals surface area contributed by atoms with Gasteiger partial charge in [0.15, 0.2) is 5.60 Å². The van der Waals surface area contributed by atoms with Gasteiger partial charge in [0.25, 0.3) is 0 Å². The van der Waals surface area contributed by atoms with E-state index < -0.39 is 17.5 Å². The molecule has 0 bridgehead atoms. The van der Waals surface area contributed by atoms with Crippen molar-refractivity contribution in [2.45, 2.75) is 53.6 Å². The molecule has 0 amide bonds. The van der Waals surface area contributed by atoms with Crippen molar-refractivity contribution in [3.05, 3.63) is 93.5 Å². The maximum absolute atomic E-state index is 12.8. The fraction of sp³-hybridized carbons (Fsp3) is 0.286. The Labute approximate surface area is 200 Å². The normalized spacial score (nSPS) is 13.3. The van der Waals surface area contributed by atoms with Gasteiger partial charge < -0.3 is 20.1 Å². The SMILES string of the molecule is CC.CC.CC.O=C(O)c1ccc2c(c1)C(=O)OC21c2ccc(O)cc2Cc2cc(O)ccc21. The molecule has 0 radical (unpaired) electrons. The second-order valence-corrected chi connectivity index (χ2v) is 7.00. The quantitative estimate of drug-likeness (QED) is 0.368. The van der Waals surface area contributed by atoms with Gasteiger partial charge in [0, 0.05) is 16.7 Å². The van der Waals surface area contributed by atoms with Crippen LogP contribution < -0.4 is 0 Å². The summed E-state index contributed by atoms with van der Waals surface area (Å²) in [5, 5.41) is 29.2. The maximum Gasteiger partial charge on any atom is 0.340 e. The number of hydrogen-bond donors (Lipinski definition) is 3. The summed E-state index contributed by atoms with van der Waals surface area (Å²) >= 11 is 0. The third-order valence-corrected chi connectivity index (χ3v) is 5.43. The number of carboxylic acids is 1. The predicted octanol–water partition coefficient (Wildman–Crippen LogP) is 6.24. The summed E-state index contributed by atoms with van der Waals surface area (Å²) in [6, 6.07) is 14.1. The molecule has 1 spiro atoms. The number of carboxylic acid groups (broad SMARTS) is 1. The highest BCUT2D eigenvalue weighted by atomic mass is 16.6. The minimum absolute atomic E-state index is 0.000388. The lowest BCUT2D eigenvalue weighted by atomic mass is 9.71. The van der Waals surface area contributed by atoms with Gasteiger partial charge >= 0.3 is 11.9 Å². The second-order valence-electron chi connectivity index (χ2n) is 7.00. The number of aromatic hydroxyl groups is 2. The van der Waals surface area contributed by atoms with Crippen LogP contribution in [0, 0.1) is 0 Å². The topological polar surface area (TPSA) is 104 Å². The molecule has 5 rings (SSSR count). The zero-order valence-electron chi connectivity index (χ0n) is 20.5. The molecular formula is C28H32O6. The van der Waals surface area contributed by atoms with Crippen LogP contribution in [0.1, 0.15) is 90.1 Å². The molecule has 3 aromatic rings. The van der Waals surface area contributed by atoms with Gasteiger partial charge in [-0.05, 0) is 53.9 Å². The van der Waals surface area contributed by atoms with Gasteiger partial charge in [-0.1, -0.05) is 59.7 Å². The maximum atomic E-state index is 12.8. The van der Waals surface area contributed by atoms with E-state index in [4.69, 9.17) is 4.74 Å². The molecule has 0 atom stereocenters. The molecule has 3 aromatic carbocycles. The zero-order chi connectivity index (χ0) is 25.6. The molecule has 0 fully saturated rings. The van der Waals surface area contributed by atoms with E-state index in [2.05, 4.69) is 0 Å². The van der Waals surface area contributed by atoms with Crippen molar-refractivity contribution >= 4 is 11.9 Å². The highest BCUT2D eigenvalue weighted by Crippen LogP contribution is 2.52. The van der Waals surface area contributed by atoms with Gasteiger partial charge in [-0.15, -0.1) is 0 Å². The summed E-state index contributed by atoms with van der Waals surface area (Å²) in [5.74, 6) is -1.57. The number of ether oxygens (including phenoxy) is 1. The van der Waals surface area contributed by atoms with Crippen molar-refractivity contribution in [2.75, 3.05) is 0 Å². The largest absolute Gasteiger partial charge is 0.508 e. The molecule has 1 aliphatic carbocycles. The average Bonchev–Trinajstić information content (AvgIpc) is 3.14. The lowest BCUT2D eigenvalue weighted by Gasteiger charge is -2.37. The van der Waals surface area contributed by atoms with Crippen molar-refractivity contribution in [3.8, 4) is 11.5 Å². The minimum Gasteiger partial charge on any atom is -0.508 e. The van der Waals surface area contributed by atoms with Crippen molar-refractivity contribution < 1.29 is 29.6 Å². The summed E-state index contributed by atoms with van der Waals surface area (Å²) in [7, 11) is 0. The van der Waals surface area contributed by atoms with E-state index in [1.807, 2.05) is 41.5 Å². The van der Waals surface area contributed by atoms with Gasteiger partial charge in [0.1, 0.15) is 11.5 Å². The van der Waals surface area contributed by atoms with Crippen molar-refractivity contribution in [2.24, 2.45) is 0 Å². The van der Waals surface area contributed by atoms with Crippen molar-refractivity contribution in [3.63, 3.8) is 0 Å². The Morgan fingerprint density at radius 1 is 0.765 bits per heavy atom. The molecule has 1 heterocycles. The van der Waals surface area contributed by atoms with Crippen LogP contribution in [0.4, 0.5) is 0 Å². The molecular weight excluding hydrogens is 432 g/mol. The third kappa shape index (κ3) is 4.23. The Balaban J connectivity index is 0.000000633. The summed E-state index contributed by atoms with van der Waals surface area (Å²) in [6.45, 7) is 12.0. The third-order valence-electron chi connectivity index (χ3n) is 5.43. The van der Waals surface area contributed by atoms with E-state index in [1.165, 1.54) is 24.3 Å². The van der Waals surface area contributed by atoms with Crippen LogP contribution >= 0.6 is 0 Å². The number of esters is 1. The summed E-state index contributed by atoms with van der Waals surface area (Å²) in [4.78, 5) is 24.1. The molecule has 1 aliphatic heterocycles. The van der Waals surface area contributed by atoms with Gasteiger partial charge in [-0.2, -0.15) is 0 Å². The Bertz CT molecular complexity index is 1140. The van der Waals surface area contributed by atoms with Crippen LogP contribution in [0.15, 0.2) is 54.6 Å². The standard InChI is InChI=1S/C22H14O6.3C2H6/c23-14-2-5-17-12(8-14)7-13-9-15(24)3-6-18(13)22(17)19-4-1-11(20(25)26)10-16(19)21(27)28-22;3*1-2/h1-6,8-10,23-24H,7H2,(H,25,26);3*1-2H3. The van der Waals surface area contributed by atoms with Crippen LogP contribution in [0.3, 0.4) is 0 Å². The second kappa shape index (κ2) is 10.9. The first-order chi connectivity index (χ1) is 16.4. The number of rotatable bonds is 1. The highest BCUT2D eigenvalue weighted by molar-refractivity contribution is 5.99. The van der Waals surface area contributed by atoms with Gasteiger partial charge in [-0.25, -0.2) is 9.59 Å². The molecule has 34 heavy (non-hydrogen) atoms. The average molecular weight is 465 g/mol. The number of phenolic OH excluding ortho intramolecular Hbond substituents is 2. The van der Waals surface area contributed by atoms with Gasteiger partial charge in [0.2, 0.25) is 0 Å². The van der Waals surface area contributed by atoms with Crippen LogP contribution in [-0.4, -0.2) is 27.3 Å². The van der Waals surface area contributed by atoms with E-state index in [9.17, 15) is 24.9 Å². The monoisotopic (exact) mass is 464 g/mol. The molecule has 180 valence electrons. The lowest BCUT2D eigenvalue weighted by molar-refractivity contribution is 0.0240. The summed E-state index contributed by atoms with van der Waals surface area (Å²) in [6.07, 6.45) is 0.454. The first-order valence-electron chi connectivity index (χ1n) is 11.7. The molecule has 3 N–H and O–H groups in total.